The summed E-state index contributed by atoms with van der Waals surface area (Å²) >= 11 is 5.56. The van der Waals surface area contributed by atoms with E-state index in [1.807, 2.05) is 13.1 Å². The molecule has 1 N–H and O–H groups in total. The predicted molar refractivity (Wildman–Crippen MR) is 56.8 cm³/mol. The zero-order valence-electron chi connectivity index (χ0n) is 7.93. The quantitative estimate of drug-likeness (QED) is 0.779. The van der Waals surface area contributed by atoms with Crippen molar-refractivity contribution in [3.63, 3.8) is 0 Å². The summed E-state index contributed by atoms with van der Waals surface area (Å²) in [6, 6.07) is 1.26. The molecule has 1 rings (SSSR count). The van der Waals surface area contributed by atoms with E-state index in [0.29, 0.717) is 10.7 Å². The Balaban J connectivity index is 2.62. The summed E-state index contributed by atoms with van der Waals surface area (Å²) < 4.78 is 13.1. The Kier molecular flexibility index (Phi) is 4.56. The van der Waals surface area contributed by atoms with Crippen LogP contribution in [0.4, 0.5) is 4.39 Å². The average Bonchev–Trinajstić information content (AvgIpc) is 2.15. The maximum Gasteiger partial charge on any atom is 0.150 e. The van der Waals surface area contributed by atoms with Gasteiger partial charge in [0.15, 0.2) is 0 Å². The molecule has 2 nitrogen and oxygen atoms in total. The number of halogens is 2. The third kappa shape index (κ3) is 3.44. The first-order valence-corrected chi connectivity index (χ1v) is 4.74. The molecule has 0 bridgehead atoms. The third-order valence-corrected chi connectivity index (χ3v) is 1.88. The fraction of sp³-hybridized carbons (Fsp3) is 0.300. The lowest BCUT2D eigenvalue weighted by Gasteiger charge is -1.96. The highest BCUT2D eigenvalue weighted by Gasteiger charge is 1.99. The van der Waals surface area contributed by atoms with Crippen molar-refractivity contribution in [2.75, 3.05) is 13.6 Å². The van der Waals surface area contributed by atoms with E-state index in [0.717, 1.165) is 13.0 Å². The lowest BCUT2D eigenvalue weighted by molar-refractivity contribution is 0.618. The standard InChI is InChI=1S/C10H12ClFN2/c1-13-5-3-2-4-10-9(12)6-8(11)7-14-10/h2,4,6-7,13H,3,5H2,1H3. The normalized spacial score (nSPS) is 11.1. The van der Waals surface area contributed by atoms with Crippen molar-refractivity contribution in [3.8, 4) is 0 Å². The number of nitrogens with zero attached hydrogens (tertiary/aromatic N) is 1. The molecule has 0 spiro atoms. The molecule has 0 aliphatic rings. The zero-order chi connectivity index (χ0) is 10.4. The minimum absolute atomic E-state index is 0.315. The molecule has 0 saturated carbocycles. The molecule has 0 aliphatic carbocycles. The van der Waals surface area contributed by atoms with Gasteiger partial charge in [-0.15, -0.1) is 0 Å². The summed E-state index contributed by atoms with van der Waals surface area (Å²) in [4.78, 5) is 3.86. The van der Waals surface area contributed by atoms with E-state index in [9.17, 15) is 4.39 Å². The number of pyridine rings is 1. The second kappa shape index (κ2) is 5.73. The summed E-state index contributed by atoms with van der Waals surface area (Å²) in [6.07, 6.45) is 5.81. The van der Waals surface area contributed by atoms with Gasteiger partial charge in [-0.25, -0.2) is 4.39 Å². The largest absolute Gasteiger partial charge is 0.319 e. The van der Waals surface area contributed by atoms with Crippen molar-refractivity contribution in [1.29, 1.82) is 0 Å². The minimum atomic E-state index is -0.391. The van der Waals surface area contributed by atoms with Crippen molar-refractivity contribution in [1.82, 2.24) is 10.3 Å². The van der Waals surface area contributed by atoms with E-state index in [1.54, 1.807) is 6.08 Å². The van der Waals surface area contributed by atoms with E-state index in [-0.39, 0.29) is 0 Å². The Labute approximate surface area is 87.8 Å². The highest BCUT2D eigenvalue weighted by atomic mass is 35.5. The second-order valence-electron chi connectivity index (χ2n) is 2.82. The highest BCUT2D eigenvalue weighted by Crippen LogP contribution is 2.12. The molecule has 0 radical (unpaired) electrons. The Morgan fingerprint density at radius 3 is 3.07 bits per heavy atom. The van der Waals surface area contributed by atoms with E-state index >= 15 is 0 Å². The Bertz CT molecular complexity index is 326. The molecule has 1 heterocycles. The van der Waals surface area contributed by atoms with Crippen LogP contribution in [0, 0.1) is 5.82 Å². The molecule has 0 fully saturated rings. The lowest BCUT2D eigenvalue weighted by Crippen LogP contribution is -2.05. The number of hydrogen-bond acceptors (Lipinski definition) is 2. The van der Waals surface area contributed by atoms with Crippen LogP contribution in [0.25, 0.3) is 6.08 Å². The molecule has 0 amide bonds. The van der Waals surface area contributed by atoms with E-state index in [1.165, 1.54) is 12.3 Å². The Hall–Kier alpha value is -0.930. The van der Waals surface area contributed by atoms with Crippen LogP contribution < -0.4 is 5.32 Å². The van der Waals surface area contributed by atoms with Gasteiger partial charge in [-0.05, 0) is 32.2 Å². The summed E-state index contributed by atoms with van der Waals surface area (Å²) in [6.45, 7) is 0.867. The van der Waals surface area contributed by atoms with E-state index in [2.05, 4.69) is 10.3 Å². The summed E-state index contributed by atoms with van der Waals surface area (Å²) in [5.41, 5.74) is 0.325. The van der Waals surface area contributed by atoms with Crippen LogP contribution in [0.3, 0.4) is 0 Å². The molecule has 0 atom stereocenters. The number of nitrogens with one attached hydrogen (secondary N) is 1. The van der Waals surface area contributed by atoms with Crippen molar-refractivity contribution in [2.45, 2.75) is 6.42 Å². The SMILES string of the molecule is CNCCC=Cc1ncc(Cl)cc1F. The van der Waals surface area contributed by atoms with Gasteiger partial charge in [0.05, 0.1) is 10.7 Å². The molecule has 14 heavy (non-hydrogen) atoms. The Morgan fingerprint density at radius 1 is 1.64 bits per heavy atom. The van der Waals surface area contributed by atoms with Gasteiger partial charge in [-0.1, -0.05) is 17.7 Å². The fourth-order valence-electron chi connectivity index (χ4n) is 0.970. The van der Waals surface area contributed by atoms with Gasteiger partial charge in [0.1, 0.15) is 5.82 Å². The molecule has 0 unspecified atom stereocenters. The maximum absolute atomic E-state index is 13.1. The first-order chi connectivity index (χ1) is 6.74. The van der Waals surface area contributed by atoms with Gasteiger partial charge >= 0.3 is 0 Å². The molecule has 0 aliphatic heterocycles. The molecule has 4 heteroatoms. The third-order valence-electron chi connectivity index (χ3n) is 1.67. The summed E-state index contributed by atoms with van der Waals surface area (Å²) in [5, 5.41) is 3.31. The lowest BCUT2D eigenvalue weighted by atomic mass is 10.3. The zero-order valence-corrected chi connectivity index (χ0v) is 8.68. The fourth-order valence-corrected chi connectivity index (χ4v) is 1.12. The van der Waals surface area contributed by atoms with Crippen LogP contribution in [0.5, 0.6) is 0 Å². The van der Waals surface area contributed by atoms with Crippen LogP contribution in [0.2, 0.25) is 5.02 Å². The van der Waals surface area contributed by atoms with Gasteiger partial charge in [0.25, 0.3) is 0 Å². The molecule has 1 aromatic heterocycles. The molecule has 1 aromatic rings. The topological polar surface area (TPSA) is 24.9 Å². The molecule has 76 valence electrons. The second-order valence-corrected chi connectivity index (χ2v) is 3.25. The number of rotatable bonds is 4. The maximum atomic E-state index is 13.1. The van der Waals surface area contributed by atoms with Crippen LogP contribution in [-0.4, -0.2) is 18.6 Å². The minimum Gasteiger partial charge on any atom is -0.319 e. The van der Waals surface area contributed by atoms with Gasteiger partial charge in [0.2, 0.25) is 0 Å². The van der Waals surface area contributed by atoms with E-state index < -0.39 is 5.82 Å². The molecule has 0 aromatic carbocycles. The van der Waals surface area contributed by atoms with Crippen LogP contribution in [0.1, 0.15) is 12.1 Å². The van der Waals surface area contributed by atoms with Crippen LogP contribution in [0.15, 0.2) is 18.3 Å². The van der Waals surface area contributed by atoms with E-state index in [4.69, 9.17) is 11.6 Å². The highest BCUT2D eigenvalue weighted by molar-refractivity contribution is 6.30. The average molecular weight is 215 g/mol. The van der Waals surface area contributed by atoms with Gasteiger partial charge in [-0.3, -0.25) is 4.98 Å². The van der Waals surface area contributed by atoms with Crippen LogP contribution in [-0.2, 0) is 0 Å². The van der Waals surface area contributed by atoms with Crippen molar-refractivity contribution in [3.05, 3.63) is 34.9 Å². The van der Waals surface area contributed by atoms with Gasteiger partial charge in [0, 0.05) is 6.20 Å². The summed E-state index contributed by atoms with van der Waals surface area (Å²) in [5.74, 6) is -0.391. The molecule has 0 saturated heterocycles. The molecular weight excluding hydrogens is 203 g/mol. The number of aromatic nitrogens is 1. The monoisotopic (exact) mass is 214 g/mol. The number of hydrogen-bond donors (Lipinski definition) is 1. The summed E-state index contributed by atoms with van der Waals surface area (Å²) in [7, 11) is 1.87. The van der Waals surface area contributed by atoms with Gasteiger partial charge in [-0.2, -0.15) is 0 Å². The van der Waals surface area contributed by atoms with Crippen molar-refractivity contribution in [2.24, 2.45) is 0 Å². The predicted octanol–water partition coefficient (Wildman–Crippen LogP) is 2.50. The smallest absolute Gasteiger partial charge is 0.150 e. The van der Waals surface area contributed by atoms with Gasteiger partial charge < -0.3 is 5.32 Å². The van der Waals surface area contributed by atoms with Crippen LogP contribution >= 0.6 is 11.6 Å². The first kappa shape index (κ1) is 11.1. The first-order valence-electron chi connectivity index (χ1n) is 4.36. The van der Waals surface area contributed by atoms with Crippen molar-refractivity contribution < 1.29 is 4.39 Å². The Morgan fingerprint density at radius 2 is 2.43 bits per heavy atom. The van der Waals surface area contributed by atoms with Crippen molar-refractivity contribution >= 4 is 17.7 Å². The molecular formula is C10H12ClFN2.